The molecule has 5 nitrogen and oxygen atoms in total. The van der Waals surface area contributed by atoms with Crippen molar-refractivity contribution in [2.75, 3.05) is 6.54 Å². The van der Waals surface area contributed by atoms with Gasteiger partial charge in [0, 0.05) is 36.7 Å². The van der Waals surface area contributed by atoms with E-state index in [-0.39, 0.29) is 23.7 Å². The van der Waals surface area contributed by atoms with Crippen LogP contribution in [0.1, 0.15) is 31.4 Å². The van der Waals surface area contributed by atoms with E-state index in [1.165, 1.54) is 0 Å². The second-order valence-corrected chi connectivity index (χ2v) is 5.26. The van der Waals surface area contributed by atoms with E-state index in [0.717, 1.165) is 31.4 Å². The van der Waals surface area contributed by atoms with Crippen molar-refractivity contribution < 1.29 is 9.59 Å². The first-order chi connectivity index (χ1) is 9.68. The Morgan fingerprint density at radius 3 is 2.65 bits per heavy atom. The van der Waals surface area contributed by atoms with Crippen molar-refractivity contribution in [3.8, 4) is 0 Å². The Hall–Kier alpha value is -1.91. The lowest BCUT2D eigenvalue weighted by molar-refractivity contribution is -0.134. The normalized spacial score (nSPS) is 22.2. The predicted octanol–water partition coefficient (Wildman–Crippen LogP) is 1.03. The highest BCUT2D eigenvalue weighted by Crippen LogP contribution is 2.29. The zero-order chi connectivity index (χ0) is 14.4. The smallest absolute Gasteiger partial charge is 0.223 e. The molecule has 0 radical (unpaired) electrons. The average Bonchev–Trinajstić information content (AvgIpc) is 2.48. The van der Waals surface area contributed by atoms with Crippen molar-refractivity contribution in [3.63, 3.8) is 0 Å². The quantitative estimate of drug-likeness (QED) is 0.841. The number of nitrogens with zero attached hydrogens (tertiary/aromatic N) is 1. The van der Waals surface area contributed by atoms with Crippen LogP contribution in [0, 0.1) is 11.8 Å². The van der Waals surface area contributed by atoms with Crippen molar-refractivity contribution in [1.29, 1.82) is 0 Å². The highest BCUT2D eigenvalue weighted by molar-refractivity contribution is 5.87. The molecule has 1 fully saturated rings. The summed E-state index contributed by atoms with van der Waals surface area (Å²) in [4.78, 5) is 27.8. The Labute approximate surface area is 119 Å². The zero-order valence-corrected chi connectivity index (χ0v) is 11.5. The van der Waals surface area contributed by atoms with E-state index in [2.05, 4.69) is 10.3 Å². The van der Waals surface area contributed by atoms with Gasteiger partial charge >= 0.3 is 0 Å². The monoisotopic (exact) mass is 275 g/mol. The van der Waals surface area contributed by atoms with Crippen LogP contribution >= 0.6 is 0 Å². The molecule has 108 valence electrons. The third-order valence-corrected chi connectivity index (χ3v) is 3.87. The van der Waals surface area contributed by atoms with E-state index in [9.17, 15) is 9.59 Å². The molecule has 0 unspecified atom stereocenters. The lowest BCUT2D eigenvalue weighted by atomic mass is 9.78. The van der Waals surface area contributed by atoms with E-state index in [0.29, 0.717) is 13.0 Å². The summed E-state index contributed by atoms with van der Waals surface area (Å²) in [5, 5.41) is 2.90. The van der Waals surface area contributed by atoms with Gasteiger partial charge in [0.25, 0.3) is 0 Å². The number of nitrogens with one attached hydrogen (secondary N) is 1. The standard InChI is InChI=1S/C15H21N3O2/c16-14(19)12-6-1-2-7-13(12)15(20)18-10-8-11-5-3-4-9-17-11/h3-5,9,12-13H,1-2,6-8,10H2,(H2,16,19)(H,18,20)/t12-,13+/m0/s1. The van der Waals surface area contributed by atoms with Gasteiger partial charge in [-0.25, -0.2) is 0 Å². The molecule has 0 bridgehead atoms. The van der Waals surface area contributed by atoms with Crippen LogP contribution in [0.25, 0.3) is 0 Å². The van der Waals surface area contributed by atoms with Crippen LogP contribution in [0.5, 0.6) is 0 Å². The van der Waals surface area contributed by atoms with E-state index < -0.39 is 0 Å². The Balaban J connectivity index is 1.83. The van der Waals surface area contributed by atoms with Gasteiger partial charge in [-0.1, -0.05) is 18.9 Å². The third-order valence-electron chi connectivity index (χ3n) is 3.87. The number of carbonyl (C=O) groups excluding carboxylic acids is 2. The number of primary amides is 1. The molecule has 1 aromatic heterocycles. The summed E-state index contributed by atoms with van der Waals surface area (Å²) in [5.41, 5.74) is 6.33. The van der Waals surface area contributed by atoms with E-state index in [1.54, 1.807) is 6.20 Å². The fourth-order valence-electron chi connectivity index (χ4n) is 2.78. The van der Waals surface area contributed by atoms with Gasteiger partial charge in [0.05, 0.1) is 0 Å². The molecule has 2 amide bonds. The fraction of sp³-hybridized carbons (Fsp3) is 0.533. The largest absolute Gasteiger partial charge is 0.369 e. The second kappa shape index (κ2) is 7.03. The summed E-state index contributed by atoms with van der Waals surface area (Å²) in [7, 11) is 0. The lowest BCUT2D eigenvalue weighted by Gasteiger charge is -2.28. The molecule has 0 saturated heterocycles. The molecule has 1 heterocycles. The molecule has 2 atom stereocenters. The number of hydrogen-bond acceptors (Lipinski definition) is 3. The molecular formula is C15H21N3O2. The topological polar surface area (TPSA) is 85.1 Å². The Kier molecular flexibility index (Phi) is 5.09. The second-order valence-electron chi connectivity index (χ2n) is 5.26. The van der Waals surface area contributed by atoms with Crippen LogP contribution in [0.2, 0.25) is 0 Å². The summed E-state index contributed by atoms with van der Waals surface area (Å²) in [6.45, 7) is 0.540. The molecule has 0 aliphatic heterocycles. The van der Waals surface area contributed by atoms with Gasteiger partial charge in [0.2, 0.25) is 11.8 Å². The predicted molar refractivity (Wildman–Crippen MR) is 75.6 cm³/mol. The average molecular weight is 275 g/mol. The molecule has 20 heavy (non-hydrogen) atoms. The summed E-state index contributed by atoms with van der Waals surface area (Å²) in [6.07, 6.45) is 5.88. The number of hydrogen-bond donors (Lipinski definition) is 2. The van der Waals surface area contributed by atoms with Crippen molar-refractivity contribution >= 4 is 11.8 Å². The van der Waals surface area contributed by atoms with Gasteiger partial charge in [-0.3, -0.25) is 14.6 Å². The fourth-order valence-corrected chi connectivity index (χ4v) is 2.78. The molecular weight excluding hydrogens is 254 g/mol. The number of rotatable bonds is 5. The Morgan fingerprint density at radius 2 is 2.00 bits per heavy atom. The van der Waals surface area contributed by atoms with Crippen molar-refractivity contribution in [2.24, 2.45) is 17.6 Å². The molecule has 1 aliphatic rings. The molecule has 1 aliphatic carbocycles. The number of amides is 2. The van der Waals surface area contributed by atoms with Crippen LogP contribution in [0.4, 0.5) is 0 Å². The molecule has 3 N–H and O–H groups in total. The van der Waals surface area contributed by atoms with E-state index >= 15 is 0 Å². The first-order valence-corrected chi connectivity index (χ1v) is 7.15. The van der Waals surface area contributed by atoms with Gasteiger partial charge in [0.15, 0.2) is 0 Å². The van der Waals surface area contributed by atoms with E-state index in [4.69, 9.17) is 5.73 Å². The minimum absolute atomic E-state index is 0.0515. The summed E-state index contributed by atoms with van der Waals surface area (Å²) >= 11 is 0. The SMILES string of the molecule is NC(=O)[C@H]1CCCC[C@H]1C(=O)NCCc1ccccn1. The highest BCUT2D eigenvalue weighted by Gasteiger charge is 2.34. The van der Waals surface area contributed by atoms with Crippen LogP contribution in [0.3, 0.4) is 0 Å². The van der Waals surface area contributed by atoms with Crippen molar-refractivity contribution in [1.82, 2.24) is 10.3 Å². The molecule has 1 saturated carbocycles. The van der Waals surface area contributed by atoms with Gasteiger partial charge in [-0.05, 0) is 25.0 Å². The zero-order valence-electron chi connectivity index (χ0n) is 11.5. The highest BCUT2D eigenvalue weighted by atomic mass is 16.2. The van der Waals surface area contributed by atoms with Crippen molar-refractivity contribution in [3.05, 3.63) is 30.1 Å². The van der Waals surface area contributed by atoms with Gasteiger partial charge in [0.1, 0.15) is 0 Å². The van der Waals surface area contributed by atoms with E-state index in [1.807, 2.05) is 18.2 Å². The summed E-state index contributed by atoms with van der Waals surface area (Å²) in [6, 6.07) is 5.72. The first-order valence-electron chi connectivity index (χ1n) is 7.15. The van der Waals surface area contributed by atoms with Crippen LogP contribution in [-0.2, 0) is 16.0 Å². The molecule has 0 spiro atoms. The maximum Gasteiger partial charge on any atom is 0.223 e. The Bertz CT molecular complexity index is 461. The minimum atomic E-state index is -0.352. The molecule has 5 heteroatoms. The lowest BCUT2D eigenvalue weighted by Crippen LogP contribution is -2.42. The Morgan fingerprint density at radius 1 is 1.25 bits per heavy atom. The summed E-state index contributed by atoms with van der Waals surface area (Å²) in [5.74, 6) is -0.970. The molecule has 2 rings (SSSR count). The van der Waals surface area contributed by atoms with Crippen LogP contribution in [0.15, 0.2) is 24.4 Å². The van der Waals surface area contributed by atoms with Crippen LogP contribution < -0.4 is 11.1 Å². The number of aromatic nitrogens is 1. The summed E-state index contributed by atoms with van der Waals surface area (Å²) < 4.78 is 0. The number of pyridine rings is 1. The minimum Gasteiger partial charge on any atom is -0.369 e. The number of carbonyl (C=O) groups is 2. The van der Waals surface area contributed by atoms with Gasteiger partial charge in [-0.15, -0.1) is 0 Å². The van der Waals surface area contributed by atoms with Crippen molar-refractivity contribution in [2.45, 2.75) is 32.1 Å². The maximum absolute atomic E-state index is 12.2. The molecule has 0 aromatic carbocycles. The third kappa shape index (κ3) is 3.79. The molecule has 1 aromatic rings. The van der Waals surface area contributed by atoms with Gasteiger partial charge in [-0.2, -0.15) is 0 Å². The number of nitrogens with two attached hydrogens (primary N) is 1. The first kappa shape index (κ1) is 14.5. The van der Waals surface area contributed by atoms with Gasteiger partial charge < -0.3 is 11.1 Å². The maximum atomic E-state index is 12.2. The van der Waals surface area contributed by atoms with Crippen LogP contribution in [-0.4, -0.2) is 23.3 Å².